The van der Waals surface area contributed by atoms with E-state index in [9.17, 15) is 22.8 Å². The number of carbonyl (C=O) groups is 1. The van der Waals surface area contributed by atoms with Crippen LogP contribution in [-0.4, -0.2) is 23.0 Å². The molecule has 2 aromatic carbocycles. The quantitative estimate of drug-likeness (QED) is 0.665. The molecule has 0 spiro atoms. The number of pyridine rings is 1. The Morgan fingerprint density at radius 3 is 2.66 bits per heavy atom. The van der Waals surface area contributed by atoms with Gasteiger partial charge in [0.1, 0.15) is 5.82 Å². The van der Waals surface area contributed by atoms with E-state index in [1.807, 2.05) is 0 Å². The van der Waals surface area contributed by atoms with Crippen LogP contribution in [0.1, 0.15) is 30.1 Å². The second kappa shape index (κ2) is 7.27. The first-order valence-corrected chi connectivity index (χ1v) is 9.18. The Kier molecular flexibility index (Phi) is 4.77. The number of aryl methyl sites for hydroxylation is 1. The lowest BCUT2D eigenvalue weighted by atomic mass is 9.87. The Balaban J connectivity index is 1.70. The van der Waals surface area contributed by atoms with Gasteiger partial charge in [-0.3, -0.25) is 4.79 Å². The molecule has 1 aromatic heterocycles. The SMILES string of the molecule is CN(C(=O)Nc1ccc(F)c(F)c1)C1CCCc2[nH]c(=O)c3cc(F)ccc3c21. The van der Waals surface area contributed by atoms with Crippen LogP contribution in [0.4, 0.5) is 23.7 Å². The minimum Gasteiger partial charge on any atom is -0.325 e. The lowest BCUT2D eigenvalue weighted by molar-refractivity contribution is 0.197. The maximum atomic E-state index is 13.7. The van der Waals surface area contributed by atoms with E-state index in [0.717, 1.165) is 29.8 Å². The van der Waals surface area contributed by atoms with Gasteiger partial charge < -0.3 is 15.2 Å². The maximum absolute atomic E-state index is 13.7. The Hall–Kier alpha value is -3.29. The number of H-pyrrole nitrogens is 1. The molecular formula is C21H18F3N3O2. The topological polar surface area (TPSA) is 65.2 Å². The van der Waals surface area contributed by atoms with Crippen LogP contribution in [0.15, 0.2) is 41.2 Å². The summed E-state index contributed by atoms with van der Waals surface area (Å²) in [7, 11) is 1.59. The van der Waals surface area contributed by atoms with Gasteiger partial charge in [-0.25, -0.2) is 18.0 Å². The number of hydrogen-bond acceptors (Lipinski definition) is 2. The molecule has 2 amide bonds. The standard InChI is InChI=1S/C21H18F3N3O2/c1-27(21(29)25-12-6-8-15(23)16(24)10-12)18-4-2-3-17-19(18)13-7-5-11(22)9-14(13)20(28)26-17/h5-10,18H,2-4H2,1H3,(H,25,29)(H,26,28). The van der Waals surface area contributed by atoms with Gasteiger partial charge in [-0.05, 0) is 48.9 Å². The fourth-order valence-corrected chi connectivity index (χ4v) is 3.88. The van der Waals surface area contributed by atoms with Crippen LogP contribution in [-0.2, 0) is 6.42 Å². The average molecular weight is 401 g/mol. The molecule has 150 valence electrons. The second-order valence-electron chi connectivity index (χ2n) is 7.11. The molecule has 3 aromatic rings. The van der Waals surface area contributed by atoms with E-state index in [-0.39, 0.29) is 22.7 Å². The van der Waals surface area contributed by atoms with Crippen molar-refractivity contribution in [3.8, 4) is 0 Å². The highest BCUT2D eigenvalue weighted by atomic mass is 19.2. The molecule has 0 bridgehead atoms. The van der Waals surface area contributed by atoms with Crippen LogP contribution in [0.3, 0.4) is 0 Å². The van der Waals surface area contributed by atoms with Crippen molar-refractivity contribution in [2.45, 2.75) is 25.3 Å². The molecule has 2 N–H and O–H groups in total. The summed E-state index contributed by atoms with van der Waals surface area (Å²) < 4.78 is 40.2. The van der Waals surface area contributed by atoms with Crippen molar-refractivity contribution in [3.63, 3.8) is 0 Å². The van der Waals surface area contributed by atoms with Gasteiger partial charge in [-0.2, -0.15) is 0 Å². The molecular weight excluding hydrogens is 383 g/mol. The molecule has 1 aliphatic carbocycles. The molecule has 5 nitrogen and oxygen atoms in total. The summed E-state index contributed by atoms with van der Waals surface area (Å²) in [4.78, 5) is 29.3. The number of carbonyl (C=O) groups excluding carboxylic acids is 1. The van der Waals surface area contributed by atoms with E-state index in [1.54, 1.807) is 13.1 Å². The molecule has 8 heteroatoms. The molecule has 0 saturated carbocycles. The summed E-state index contributed by atoms with van der Waals surface area (Å²) in [5, 5.41) is 3.38. The minimum atomic E-state index is -1.06. The predicted molar refractivity (Wildman–Crippen MR) is 103 cm³/mol. The number of anilines is 1. The molecule has 0 saturated heterocycles. The largest absolute Gasteiger partial charge is 0.325 e. The normalized spacial score (nSPS) is 15.8. The van der Waals surface area contributed by atoms with Gasteiger partial charge in [0.05, 0.1) is 11.4 Å². The molecule has 1 heterocycles. The Labute approximate surface area is 164 Å². The van der Waals surface area contributed by atoms with Crippen molar-refractivity contribution in [1.82, 2.24) is 9.88 Å². The van der Waals surface area contributed by atoms with Gasteiger partial charge in [0.2, 0.25) is 0 Å². The number of hydrogen-bond donors (Lipinski definition) is 2. The highest BCUT2D eigenvalue weighted by molar-refractivity contribution is 5.91. The third kappa shape index (κ3) is 3.46. The zero-order chi connectivity index (χ0) is 20.7. The number of fused-ring (bicyclic) bond motifs is 3. The summed E-state index contributed by atoms with van der Waals surface area (Å²) in [6.45, 7) is 0. The summed E-state index contributed by atoms with van der Waals surface area (Å²) in [5.74, 6) is -2.57. The van der Waals surface area contributed by atoms with Gasteiger partial charge in [-0.15, -0.1) is 0 Å². The third-order valence-corrected chi connectivity index (χ3v) is 5.30. The smallest absolute Gasteiger partial charge is 0.322 e. The Morgan fingerprint density at radius 1 is 1.10 bits per heavy atom. The van der Waals surface area contributed by atoms with Gasteiger partial charge >= 0.3 is 6.03 Å². The first-order chi connectivity index (χ1) is 13.8. The van der Waals surface area contributed by atoms with Crippen molar-refractivity contribution < 1.29 is 18.0 Å². The number of benzene rings is 2. The lowest BCUT2D eigenvalue weighted by Gasteiger charge is -2.34. The van der Waals surface area contributed by atoms with Crippen LogP contribution < -0.4 is 10.9 Å². The molecule has 0 radical (unpaired) electrons. The van der Waals surface area contributed by atoms with Crippen LogP contribution in [0.5, 0.6) is 0 Å². The number of aromatic nitrogens is 1. The summed E-state index contributed by atoms with van der Waals surface area (Å²) in [6, 6.07) is 6.27. The summed E-state index contributed by atoms with van der Waals surface area (Å²) >= 11 is 0. The van der Waals surface area contributed by atoms with E-state index in [4.69, 9.17) is 0 Å². The molecule has 1 atom stereocenters. The van der Waals surface area contributed by atoms with E-state index in [2.05, 4.69) is 10.3 Å². The van der Waals surface area contributed by atoms with Crippen molar-refractivity contribution >= 4 is 22.5 Å². The fraction of sp³-hybridized carbons (Fsp3) is 0.238. The molecule has 0 aliphatic heterocycles. The Bertz CT molecular complexity index is 1180. The van der Waals surface area contributed by atoms with Crippen molar-refractivity contribution in [2.75, 3.05) is 12.4 Å². The van der Waals surface area contributed by atoms with E-state index >= 15 is 0 Å². The fourth-order valence-electron chi connectivity index (χ4n) is 3.88. The van der Waals surface area contributed by atoms with E-state index in [0.29, 0.717) is 18.2 Å². The van der Waals surface area contributed by atoms with E-state index in [1.165, 1.54) is 23.1 Å². The average Bonchev–Trinajstić information content (AvgIpc) is 2.70. The summed E-state index contributed by atoms with van der Waals surface area (Å²) in [6.07, 6.45) is 2.04. The van der Waals surface area contributed by atoms with Crippen LogP contribution in [0.25, 0.3) is 10.8 Å². The van der Waals surface area contributed by atoms with Gasteiger partial charge in [0.15, 0.2) is 11.6 Å². The first kappa shape index (κ1) is 19.0. The number of halogens is 3. The lowest BCUT2D eigenvalue weighted by Crippen LogP contribution is -2.37. The van der Waals surface area contributed by atoms with Crippen molar-refractivity contribution in [2.24, 2.45) is 0 Å². The second-order valence-corrected chi connectivity index (χ2v) is 7.11. The van der Waals surface area contributed by atoms with Gasteiger partial charge in [-0.1, -0.05) is 6.07 Å². The van der Waals surface area contributed by atoms with Gasteiger partial charge in [0.25, 0.3) is 5.56 Å². The number of nitrogens with zero attached hydrogens (tertiary/aromatic N) is 1. The predicted octanol–water partition coefficient (Wildman–Crippen LogP) is 4.49. The zero-order valence-electron chi connectivity index (χ0n) is 15.6. The number of amides is 2. The maximum Gasteiger partial charge on any atom is 0.322 e. The molecule has 29 heavy (non-hydrogen) atoms. The highest BCUT2D eigenvalue weighted by Crippen LogP contribution is 2.37. The number of urea groups is 1. The van der Waals surface area contributed by atoms with Crippen molar-refractivity contribution in [1.29, 1.82) is 0 Å². The minimum absolute atomic E-state index is 0.130. The number of rotatable bonds is 2. The first-order valence-electron chi connectivity index (χ1n) is 9.18. The number of nitrogens with one attached hydrogen (secondary N) is 2. The molecule has 0 fully saturated rings. The summed E-state index contributed by atoms with van der Waals surface area (Å²) in [5.41, 5.74) is 1.25. The Morgan fingerprint density at radius 2 is 1.90 bits per heavy atom. The van der Waals surface area contributed by atoms with Crippen LogP contribution in [0.2, 0.25) is 0 Å². The molecule has 4 rings (SSSR count). The van der Waals surface area contributed by atoms with E-state index < -0.39 is 23.5 Å². The molecule has 1 unspecified atom stereocenters. The highest BCUT2D eigenvalue weighted by Gasteiger charge is 2.30. The van der Waals surface area contributed by atoms with Crippen LogP contribution >= 0.6 is 0 Å². The van der Waals surface area contributed by atoms with Crippen LogP contribution in [0, 0.1) is 17.5 Å². The monoisotopic (exact) mass is 401 g/mol. The number of aromatic amines is 1. The third-order valence-electron chi connectivity index (χ3n) is 5.30. The zero-order valence-corrected chi connectivity index (χ0v) is 15.6. The van der Waals surface area contributed by atoms with Gasteiger partial charge in [0, 0.05) is 30.1 Å². The van der Waals surface area contributed by atoms with Crippen molar-refractivity contribution in [3.05, 3.63) is 75.5 Å². The molecule has 1 aliphatic rings.